The van der Waals surface area contributed by atoms with Crippen LogP contribution in [0.3, 0.4) is 0 Å². The van der Waals surface area contributed by atoms with Gasteiger partial charge in [-0.25, -0.2) is 8.78 Å². The molecule has 0 amide bonds. The first-order valence-corrected chi connectivity index (χ1v) is 8.20. The third-order valence-electron chi connectivity index (χ3n) is 3.90. The Morgan fingerprint density at radius 3 is 2.33 bits per heavy atom. The molecular weight excluding hydrogens is 360 g/mol. The SMILES string of the molecule is CC=CCOc1ccc(C(F)(F)Oc2ccc3c(F)c(F)ccc3c2)cc1. The van der Waals surface area contributed by atoms with Gasteiger partial charge in [0.25, 0.3) is 0 Å². The van der Waals surface area contributed by atoms with Crippen molar-refractivity contribution in [3.05, 3.63) is 83.9 Å². The number of fused-ring (bicyclic) bond motifs is 1. The van der Waals surface area contributed by atoms with E-state index < -0.39 is 17.7 Å². The van der Waals surface area contributed by atoms with E-state index in [0.29, 0.717) is 12.4 Å². The molecule has 0 aliphatic rings. The van der Waals surface area contributed by atoms with Gasteiger partial charge in [-0.15, -0.1) is 0 Å². The van der Waals surface area contributed by atoms with Crippen molar-refractivity contribution in [2.75, 3.05) is 6.61 Å². The molecule has 0 N–H and O–H groups in total. The zero-order chi connectivity index (χ0) is 19.4. The summed E-state index contributed by atoms with van der Waals surface area (Å²) >= 11 is 0. The first-order valence-electron chi connectivity index (χ1n) is 8.20. The van der Waals surface area contributed by atoms with Gasteiger partial charge in [0, 0.05) is 5.39 Å². The molecule has 0 heterocycles. The van der Waals surface area contributed by atoms with Gasteiger partial charge in [-0.1, -0.05) is 18.2 Å². The Bertz CT molecular complexity index is 966. The summed E-state index contributed by atoms with van der Waals surface area (Å²) in [7, 11) is 0. The molecule has 2 nitrogen and oxygen atoms in total. The van der Waals surface area contributed by atoms with E-state index in [0.717, 1.165) is 6.07 Å². The Hall–Kier alpha value is -3.02. The third kappa shape index (κ3) is 4.22. The Kier molecular flexibility index (Phi) is 5.35. The van der Waals surface area contributed by atoms with Crippen LogP contribution in [0.5, 0.6) is 11.5 Å². The quantitative estimate of drug-likeness (QED) is 0.377. The minimum Gasteiger partial charge on any atom is -0.490 e. The number of hydrogen-bond acceptors (Lipinski definition) is 2. The number of alkyl halides is 2. The van der Waals surface area contributed by atoms with Crippen molar-refractivity contribution in [2.24, 2.45) is 0 Å². The number of allylic oxidation sites excluding steroid dienone is 1. The maximum Gasteiger partial charge on any atom is 0.426 e. The predicted molar refractivity (Wildman–Crippen MR) is 95.1 cm³/mol. The van der Waals surface area contributed by atoms with E-state index in [1.807, 2.05) is 13.0 Å². The second-order valence-electron chi connectivity index (χ2n) is 5.77. The molecule has 0 fully saturated rings. The fourth-order valence-electron chi connectivity index (χ4n) is 2.50. The highest BCUT2D eigenvalue weighted by molar-refractivity contribution is 5.84. The molecule has 3 aromatic carbocycles. The molecule has 3 rings (SSSR count). The molecule has 140 valence electrons. The average molecular weight is 376 g/mol. The lowest BCUT2D eigenvalue weighted by atomic mass is 10.1. The lowest BCUT2D eigenvalue weighted by Gasteiger charge is -2.19. The van der Waals surface area contributed by atoms with E-state index in [4.69, 9.17) is 9.47 Å². The summed E-state index contributed by atoms with van der Waals surface area (Å²) in [6.07, 6.45) is 0.00827. The topological polar surface area (TPSA) is 18.5 Å². The van der Waals surface area contributed by atoms with Crippen LogP contribution >= 0.6 is 0 Å². The Labute approximate surface area is 153 Å². The van der Waals surface area contributed by atoms with Crippen LogP contribution in [0.25, 0.3) is 10.8 Å². The first-order chi connectivity index (χ1) is 12.9. The van der Waals surface area contributed by atoms with Crippen LogP contribution in [-0.4, -0.2) is 6.61 Å². The molecule has 0 saturated carbocycles. The molecule has 0 aliphatic heterocycles. The minimum absolute atomic E-state index is 0.00621. The van der Waals surface area contributed by atoms with Crippen molar-refractivity contribution in [1.82, 2.24) is 0 Å². The van der Waals surface area contributed by atoms with E-state index in [9.17, 15) is 17.6 Å². The normalized spacial score (nSPS) is 11.9. The molecule has 0 saturated heterocycles. The summed E-state index contributed by atoms with van der Waals surface area (Å²) in [5.41, 5.74) is -0.355. The first kappa shape index (κ1) is 18.8. The summed E-state index contributed by atoms with van der Waals surface area (Å²) < 4.78 is 65.9. The van der Waals surface area contributed by atoms with Crippen molar-refractivity contribution in [3.63, 3.8) is 0 Å². The van der Waals surface area contributed by atoms with Gasteiger partial charge in [-0.05, 0) is 60.8 Å². The standard InChI is InChI=1S/C21H16F4O2/c1-2-3-12-26-16-7-5-15(6-8-16)21(24,25)27-17-9-10-18-14(13-17)4-11-19(22)20(18)23/h2-11,13H,12H2,1H3. The summed E-state index contributed by atoms with van der Waals surface area (Å²) in [5, 5.41) is 0.253. The van der Waals surface area contributed by atoms with Gasteiger partial charge in [0.2, 0.25) is 0 Å². The molecule has 0 aliphatic carbocycles. The zero-order valence-electron chi connectivity index (χ0n) is 14.4. The maximum atomic E-state index is 14.4. The van der Waals surface area contributed by atoms with Crippen LogP contribution in [0.1, 0.15) is 12.5 Å². The van der Waals surface area contributed by atoms with Crippen LogP contribution in [0.15, 0.2) is 66.7 Å². The van der Waals surface area contributed by atoms with Crippen molar-refractivity contribution >= 4 is 10.8 Å². The minimum atomic E-state index is -3.60. The fraction of sp³-hybridized carbons (Fsp3) is 0.143. The van der Waals surface area contributed by atoms with Crippen molar-refractivity contribution < 1.29 is 27.0 Å². The highest BCUT2D eigenvalue weighted by atomic mass is 19.3. The Balaban J connectivity index is 1.79. The van der Waals surface area contributed by atoms with Crippen LogP contribution < -0.4 is 9.47 Å². The van der Waals surface area contributed by atoms with Crippen LogP contribution in [0.4, 0.5) is 17.6 Å². The second kappa shape index (κ2) is 7.70. The highest BCUT2D eigenvalue weighted by Gasteiger charge is 2.34. The van der Waals surface area contributed by atoms with Crippen LogP contribution in [0.2, 0.25) is 0 Å². The molecule has 0 bridgehead atoms. The summed E-state index contributed by atoms with van der Waals surface area (Å²) in [6.45, 7) is 2.19. The van der Waals surface area contributed by atoms with Crippen LogP contribution in [0, 0.1) is 11.6 Å². The van der Waals surface area contributed by atoms with E-state index in [-0.39, 0.29) is 22.1 Å². The maximum absolute atomic E-state index is 14.4. The monoisotopic (exact) mass is 376 g/mol. The highest BCUT2D eigenvalue weighted by Crippen LogP contribution is 2.34. The second-order valence-corrected chi connectivity index (χ2v) is 5.77. The third-order valence-corrected chi connectivity index (χ3v) is 3.90. The van der Waals surface area contributed by atoms with E-state index in [1.54, 1.807) is 6.08 Å². The van der Waals surface area contributed by atoms with Crippen molar-refractivity contribution in [1.29, 1.82) is 0 Å². The van der Waals surface area contributed by atoms with Gasteiger partial charge in [0.1, 0.15) is 18.1 Å². The lowest BCUT2D eigenvalue weighted by Crippen LogP contribution is -2.21. The summed E-state index contributed by atoms with van der Waals surface area (Å²) in [4.78, 5) is 0. The van der Waals surface area contributed by atoms with Crippen molar-refractivity contribution in [2.45, 2.75) is 13.0 Å². The van der Waals surface area contributed by atoms with E-state index >= 15 is 0 Å². The molecule has 3 aromatic rings. The lowest BCUT2D eigenvalue weighted by molar-refractivity contribution is -0.185. The summed E-state index contributed by atoms with van der Waals surface area (Å²) in [5.74, 6) is -1.74. The number of ether oxygens (including phenoxy) is 2. The van der Waals surface area contributed by atoms with Crippen molar-refractivity contribution in [3.8, 4) is 11.5 Å². The van der Waals surface area contributed by atoms with Gasteiger partial charge < -0.3 is 9.47 Å². The number of halogens is 4. The molecule has 0 unspecified atom stereocenters. The number of benzene rings is 3. The molecule has 0 aromatic heterocycles. The molecule has 0 spiro atoms. The Morgan fingerprint density at radius 2 is 1.63 bits per heavy atom. The van der Waals surface area contributed by atoms with Crippen LogP contribution in [-0.2, 0) is 6.11 Å². The predicted octanol–water partition coefficient (Wildman–Crippen LogP) is 6.20. The summed E-state index contributed by atoms with van der Waals surface area (Å²) in [6, 6.07) is 11.1. The van der Waals surface area contributed by atoms with Gasteiger partial charge in [-0.3, -0.25) is 0 Å². The molecule has 0 atom stereocenters. The Morgan fingerprint density at radius 1 is 0.926 bits per heavy atom. The number of hydrogen-bond donors (Lipinski definition) is 0. The number of rotatable bonds is 6. The molecular formula is C21H16F4O2. The molecule has 27 heavy (non-hydrogen) atoms. The smallest absolute Gasteiger partial charge is 0.426 e. The van der Waals surface area contributed by atoms with E-state index in [1.165, 1.54) is 48.5 Å². The van der Waals surface area contributed by atoms with Gasteiger partial charge in [-0.2, -0.15) is 8.78 Å². The molecule has 6 heteroatoms. The largest absolute Gasteiger partial charge is 0.490 e. The average Bonchev–Trinajstić information content (AvgIpc) is 2.65. The van der Waals surface area contributed by atoms with Gasteiger partial charge in [0.05, 0.1) is 5.56 Å². The molecule has 0 radical (unpaired) electrons. The van der Waals surface area contributed by atoms with E-state index in [2.05, 4.69) is 0 Å². The zero-order valence-corrected chi connectivity index (χ0v) is 14.4. The van der Waals surface area contributed by atoms with Gasteiger partial charge in [0.15, 0.2) is 11.6 Å². The van der Waals surface area contributed by atoms with Gasteiger partial charge >= 0.3 is 6.11 Å². The fourth-order valence-corrected chi connectivity index (χ4v) is 2.50.